The van der Waals surface area contributed by atoms with Gasteiger partial charge in [0.15, 0.2) is 17.5 Å². The van der Waals surface area contributed by atoms with E-state index >= 15 is 0 Å². The number of likely N-dealkylation sites (N-methyl/N-ethyl adjacent to an activating group) is 1. The summed E-state index contributed by atoms with van der Waals surface area (Å²) < 4.78 is 47.6. The molecule has 0 saturated carbocycles. The number of nitrogens with one attached hydrogen (secondary N) is 3. The lowest BCUT2D eigenvalue weighted by molar-refractivity contribution is -0.158. The van der Waals surface area contributed by atoms with Gasteiger partial charge in [0.2, 0.25) is 35.4 Å². The molecule has 0 bridgehead atoms. The normalized spacial score (nSPS) is 25.2. The number of fused-ring (bicyclic) bond motifs is 2. The van der Waals surface area contributed by atoms with E-state index in [0.717, 1.165) is 12.8 Å². The number of unbranched alkanes of at least 4 members (excludes halogenated alkanes) is 2. The minimum atomic E-state index is -1.72. The van der Waals surface area contributed by atoms with E-state index in [0.29, 0.717) is 31.4 Å². The van der Waals surface area contributed by atoms with Gasteiger partial charge >= 0.3 is 5.97 Å². The van der Waals surface area contributed by atoms with Crippen LogP contribution in [0.15, 0.2) is 24.3 Å². The number of amides is 6. The zero-order chi connectivity index (χ0) is 39.0. The third kappa shape index (κ3) is 9.93. The average molecular weight is 749 g/mol. The van der Waals surface area contributed by atoms with Crippen LogP contribution in [-0.4, -0.2) is 119 Å². The minimum Gasteiger partial charge on any atom is -0.461 e. The first-order valence-corrected chi connectivity index (χ1v) is 17.9. The highest BCUT2D eigenvalue weighted by molar-refractivity contribution is 5.98. The smallest absolute Gasteiger partial charge is 0.328 e. The van der Waals surface area contributed by atoms with Crippen molar-refractivity contribution in [1.82, 2.24) is 30.7 Å². The summed E-state index contributed by atoms with van der Waals surface area (Å²) in [4.78, 5) is 98.2. The predicted molar refractivity (Wildman–Crippen MR) is 183 cm³/mol. The summed E-state index contributed by atoms with van der Waals surface area (Å²) in [5.41, 5.74) is -0.181. The highest BCUT2D eigenvalue weighted by Gasteiger charge is 2.43. The average Bonchev–Trinajstić information content (AvgIpc) is 3.82. The molecule has 3 saturated heterocycles. The zero-order valence-electron chi connectivity index (χ0n) is 30.3. The lowest BCUT2D eigenvalue weighted by atomic mass is 10.0. The van der Waals surface area contributed by atoms with Gasteiger partial charge in [0, 0.05) is 26.6 Å². The van der Waals surface area contributed by atoms with Gasteiger partial charge in [-0.05, 0) is 69.7 Å². The van der Waals surface area contributed by atoms with Gasteiger partial charge in [-0.3, -0.25) is 28.8 Å². The molecule has 3 aliphatic rings. The van der Waals surface area contributed by atoms with E-state index < -0.39 is 108 Å². The topological polar surface area (TPSA) is 175 Å². The Bertz CT molecular complexity index is 1600. The lowest BCUT2D eigenvalue weighted by Gasteiger charge is -2.34. The summed E-state index contributed by atoms with van der Waals surface area (Å²) in [5.74, 6) is -9.91. The summed E-state index contributed by atoms with van der Waals surface area (Å²) in [7, 11) is 1.39. The van der Waals surface area contributed by atoms with Gasteiger partial charge < -0.3 is 35.4 Å². The summed E-state index contributed by atoms with van der Waals surface area (Å²) in [6.07, 6.45) is 5.77. The molecule has 4 rings (SSSR count). The van der Waals surface area contributed by atoms with Crippen LogP contribution in [0.5, 0.6) is 0 Å². The summed E-state index contributed by atoms with van der Waals surface area (Å²) >= 11 is 0. The molecular weight excluding hydrogens is 701 g/mol. The van der Waals surface area contributed by atoms with Crippen molar-refractivity contribution >= 4 is 41.4 Å². The molecule has 53 heavy (non-hydrogen) atoms. The maximum Gasteiger partial charge on any atom is 0.328 e. The fraction of sp³-hybridized carbons (Fsp3) is 0.583. The number of ether oxygens (including phenoxy) is 1. The van der Waals surface area contributed by atoms with Gasteiger partial charge in [-0.1, -0.05) is 25.8 Å². The molecule has 6 atom stereocenters. The molecule has 0 radical (unpaired) electrons. The number of nitrogens with zero attached hydrogens (tertiary/aromatic N) is 3. The molecular formula is C36H47F3N6O8. The van der Waals surface area contributed by atoms with Crippen LogP contribution in [0.1, 0.15) is 71.3 Å². The highest BCUT2D eigenvalue weighted by Crippen LogP contribution is 2.24. The molecule has 3 aliphatic heterocycles. The fourth-order valence-corrected chi connectivity index (χ4v) is 6.62. The van der Waals surface area contributed by atoms with Crippen LogP contribution < -0.4 is 16.0 Å². The fourth-order valence-electron chi connectivity index (χ4n) is 6.62. The molecule has 1 aromatic carbocycles. The number of cyclic esters (lactones) is 1. The van der Waals surface area contributed by atoms with Gasteiger partial charge in [-0.15, -0.1) is 0 Å². The Morgan fingerprint density at radius 2 is 1.58 bits per heavy atom. The molecule has 3 fully saturated rings. The van der Waals surface area contributed by atoms with Gasteiger partial charge in [0.05, 0.1) is 0 Å². The Balaban J connectivity index is 1.67. The standard InChI is InChI=1S/C36H47F3N6O8/c1-5-6-7-8-13-29(46)41-25(18-22-16-23(37)30(39)24(38)17-22)32(48)42-26-19-53-36(52)28-12-10-15-45(28)33(49)20(2)40-31(47)21(3)43(4)35(51)27-11-9-14-44(27)34(26)50/h8,13,16-17,20-21,25-28H,5-7,9-12,14-15,18-19H2,1-4H3,(H,40,47)(H,41,46)(H,42,48)/b13-8+/t20-,21-,25-,26-,27-,28-/m0/s1. The van der Waals surface area contributed by atoms with Crippen molar-refractivity contribution in [2.45, 2.75) is 108 Å². The van der Waals surface area contributed by atoms with Crippen molar-refractivity contribution in [2.24, 2.45) is 0 Å². The number of hydrogen-bond acceptors (Lipinski definition) is 8. The Morgan fingerprint density at radius 3 is 2.23 bits per heavy atom. The molecule has 17 heteroatoms. The number of allylic oxidation sites excluding steroid dienone is 1. The summed E-state index contributed by atoms with van der Waals surface area (Å²) in [6.45, 7) is 4.45. The van der Waals surface area contributed by atoms with Crippen LogP contribution >= 0.6 is 0 Å². The van der Waals surface area contributed by atoms with E-state index in [2.05, 4.69) is 16.0 Å². The van der Waals surface area contributed by atoms with Crippen molar-refractivity contribution in [1.29, 1.82) is 0 Å². The first-order valence-electron chi connectivity index (χ1n) is 17.9. The first kappa shape index (κ1) is 40.8. The van der Waals surface area contributed by atoms with Crippen LogP contribution in [0, 0.1) is 17.5 Å². The number of esters is 1. The zero-order valence-corrected chi connectivity index (χ0v) is 30.3. The monoisotopic (exact) mass is 748 g/mol. The van der Waals surface area contributed by atoms with E-state index in [4.69, 9.17) is 4.74 Å². The second-order valence-corrected chi connectivity index (χ2v) is 13.6. The molecule has 0 aliphatic carbocycles. The molecule has 6 amide bonds. The van der Waals surface area contributed by atoms with Crippen LogP contribution in [0.3, 0.4) is 0 Å². The number of carbonyl (C=O) groups is 7. The van der Waals surface area contributed by atoms with E-state index in [1.165, 1.54) is 41.7 Å². The van der Waals surface area contributed by atoms with Gasteiger partial charge in [-0.25, -0.2) is 18.0 Å². The third-order valence-electron chi connectivity index (χ3n) is 9.78. The Labute approximate surface area is 305 Å². The van der Waals surface area contributed by atoms with E-state index in [1.54, 1.807) is 6.08 Å². The van der Waals surface area contributed by atoms with Gasteiger partial charge in [-0.2, -0.15) is 0 Å². The Hall–Kier alpha value is -4.96. The Morgan fingerprint density at radius 1 is 0.962 bits per heavy atom. The number of halogens is 3. The molecule has 14 nitrogen and oxygen atoms in total. The third-order valence-corrected chi connectivity index (χ3v) is 9.78. The van der Waals surface area contributed by atoms with E-state index in [-0.39, 0.29) is 31.5 Å². The number of hydrogen-bond donors (Lipinski definition) is 3. The molecule has 0 spiro atoms. The van der Waals surface area contributed by atoms with Crippen LogP contribution in [0.25, 0.3) is 0 Å². The SMILES string of the molecule is CCCC/C=C/C(=O)N[C@@H](Cc1cc(F)c(F)c(F)c1)C(=O)N[C@H]1COC(=O)[C@@H]2CCCN2C(=O)[C@H](C)NC(=O)[C@H](C)N(C)C(=O)[C@@H]2CCCN2C1=O. The summed E-state index contributed by atoms with van der Waals surface area (Å²) in [5, 5.41) is 7.55. The molecule has 3 heterocycles. The maximum atomic E-state index is 14.2. The molecule has 0 aromatic heterocycles. The summed E-state index contributed by atoms with van der Waals surface area (Å²) in [6, 6.07) is -6.00. The highest BCUT2D eigenvalue weighted by atomic mass is 19.2. The van der Waals surface area contributed by atoms with Crippen molar-refractivity contribution < 1.29 is 51.5 Å². The van der Waals surface area contributed by atoms with Crippen molar-refractivity contribution in [2.75, 3.05) is 26.7 Å². The van der Waals surface area contributed by atoms with Crippen molar-refractivity contribution in [3.63, 3.8) is 0 Å². The number of carbonyl (C=O) groups excluding carboxylic acids is 7. The van der Waals surface area contributed by atoms with Crippen LogP contribution in [0.2, 0.25) is 0 Å². The largest absolute Gasteiger partial charge is 0.461 e. The molecule has 3 N–H and O–H groups in total. The van der Waals surface area contributed by atoms with Crippen molar-refractivity contribution in [3.8, 4) is 0 Å². The van der Waals surface area contributed by atoms with Gasteiger partial charge in [0.25, 0.3) is 0 Å². The van der Waals surface area contributed by atoms with Crippen LogP contribution in [0.4, 0.5) is 13.2 Å². The number of rotatable bonds is 9. The van der Waals surface area contributed by atoms with E-state index in [9.17, 15) is 46.7 Å². The quantitative estimate of drug-likeness (QED) is 0.147. The molecule has 290 valence electrons. The minimum absolute atomic E-state index is 0.0861. The van der Waals surface area contributed by atoms with Crippen molar-refractivity contribution in [3.05, 3.63) is 47.3 Å². The second-order valence-electron chi connectivity index (χ2n) is 13.6. The van der Waals surface area contributed by atoms with Gasteiger partial charge in [0.1, 0.15) is 42.9 Å². The molecule has 1 aromatic rings. The first-order chi connectivity index (χ1) is 25.1. The predicted octanol–water partition coefficient (Wildman–Crippen LogP) is 1.25. The lowest BCUT2D eigenvalue weighted by Crippen LogP contribution is -2.60. The Kier molecular flexibility index (Phi) is 14.0. The van der Waals surface area contributed by atoms with Crippen LogP contribution in [-0.2, 0) is 44.7 Å². The molecule has 0 unspecified atom stereocenters. The second kappa shape index (κ2) is 18.2. The number of benzene rings is 1. The maximum absolute atomic E-state index is 14.2. The van der Waals surface area contributed by atoms with E-state index in [1.807, 2.05) is 6.92 Å².